The maximum Gasteiger partial charge on any atom is 0.356 e. The Hall–Kier alpha value is -1.61. The van der Waals surface area contributed by atoms with Crippen molar-refractivity contribution in [1.29, 1.82) is 0 Å². The molecule has 140 valence electrons. The summed E-state index contributed by atoms with van der Waals surface area (Å²) in [6, 6.07) is 0. The lowest BCUT2D eigenvalue weighted by atomic mass is 10.4. The molecule has 0 aromatic carbocycles. The van der Waals surface area contributed by atoms with Gasteiger partial charge in [0.1, 0.15) is 6.35 Å². The van der Waals surface area contributed by atoms with Crippen LogP contribution in [0.4, 0.5) is 5.82 Å². The SMILES string of the molecule is CC(C)OP(=O)(CO[C@H](C)Cn1cnc2c(N)nnnc21)OC(C)C. The summed E-state index contributed by atoms with van der Waals surface area (Å²) in [7, 11) is -3.34. The minimum Gasteiger partial charge on any atom is -0.380 e. The summed E-state index contributed by atoms with van der Waals surface area (Å²) >= 11 is 0. The molecule has 1 atom stereocenters. The number of nitrogens with two attached hydrogens (primary N) is 1. The number of nitrogen functional groups attached to an aromatic ring is 1. The fourth-order valence-electron chi connectivity index (χ4n) is 2.23. The van der Waals surface area contributed by atoms with E-state index in [1.807, 2.05) is 6.92 Å². The molecule has 2 heterocycles. The Kier molecular flexibility index (Phi) is 6.45. The lowest BCUT2D eigenvalue weighted by Crippen LogP contribution is -2.19. The molecule has 0 radical (unpaired) electrons. The van der Waals surface area contributed by atoms with Gasteiger partial charge in [0.05, 0.1) is 31.2 Å². The third-order valence-electron chi connectivity index (χ3n) is 3.06. The van der Waals surface area contributed by atoms with Crippen LogP contribution in [0.15, 0.2) is 6.33 Å². The molecular formula is C14H25N6O4P. The molecule has 0 bridgehead atoms. The Balaban J connectivity index is 2.01. The molecule has 0 saturated carbocycles. The van der Waals surface area contributed by atoms with Crippen molar-refractivity contribution in [2.24, 2.45) is 0 Å². The zero-order chi connectivity index (χ0) is 18.6. The van der Waals surface area contributed by atoms with Gasteiger partial charge in [0.15, 0.2) is 17.0 Å². The molecule has 0 aliphatic heterocycles. The predicted molar refractivity (Wildman–Crippen MR) is 93.0 cm³/mol. The predicted octanol–water partition coefficient (Wildman–Crippen LogP) is 2.21. The molecule has 2 aromatic rings. The summed E-state index contributed by atoms with van der Waals surface area (Å²) in [5.41, 5.74) is 6.72. The van der Waals surface area contributed by atoms with Gasteiger partial charge in [0.2, 0.25) is 0 Å². The smallest absolute Gasteiger partial charge is 0.356 e. The lowest BCUT2D eigenvalue weighted by molar-refractivity contribution is 0.0548. The van der Waals surface area contributed by atoms with Gasteiger partial charge in [-0.3, -0.25) is 4.57 Å². The first-order valence-electron chi connectivity index (χ1n) is 8.07. The molecule has 10 nitrogen and oxygen atoms in total. The van der Waals surface area contributed by atoms with E-state index in [2.05, 4.69) is 20.4 Å². The van der Waals surface area contributed by atoms with E-state index < -0.39 is 7.60 Å². The van der Waals surface area contributed by atoms with Gasteiger partial charge in [-0.25, -0.2) is 4.98 Å². The number of rotatable bonds is 9. The van der Waals surface area contributed by atoms with Crippen molar-refractivity contribution in [2.75, 3.05) is 12.1 Å². The highest BCUT2D eigenvalue weighted by atomic mass is 31.2. The monoisotopic (exact) mass is 372 g/mol. The number of imidazole rings is 1. The molecule has 0 fully saturated rings. The number of ether oxygens (including phenoxy) is 1. The highest BCUT2D eigenvalue weighted by Crippen LogP contribution is 2.50. The van der Waals surface area contributed by atoms with Crippen LogP contribution in [-0.4, -0.2) is 49.6 Å². The second-order valence-corrected chi connectivity index (χ2v) is 8.17. The van der Waals surface area contributed by atoms with Gasteiger partial charge in [0.25, 0.3) is 0 Å². The molecule has 0 spiro atoms. The van der Waals surface area contributed by atoms with Crippen molar-refractivity contribution in [3.05, 3.63) is 6.33 Å². The highest BCUT2D eigenvalue weighted by molar-refractivity contribution is 7.53. The Morgan fingerprint density at radius 1 is 1.16 bits per heavy atom. The van der Waals surface area contributed by atoms with Crippen LogP contribution in [0, 0.1) is 0 Å². The largest absolute Gasteiger partial charge is 0.380 e. The van der Waals surface area contributed by atoms with E-state index in [-0.39, 0.29) is 30.5 Å². The van der Waals surface area contributed by atoms with Crippen LogP contribution in [0.25, 0.3) is 11.2 Å². The summed E-state index contributed by atoms with van der Waals surface area (Å²) in [6.07, 6.45) is 0.714. The molecule has 0 saturated heterocycles. The topological polar surface area (TPSA) is 127 Å². The average Bonchev–Trinajstić information content (AvgIpc) is 2.88. The molecule has 0 aliphatic rings. The Morgan fingerprint density at radius 3 is 2.40 bits per heavy atom. The number of anilines is 1. The maximum absolute atomic E-state index is 12.8. The molecular weight excluding hydrogens is 347 g/mol. The zero-order valence-corrected chi connectivity index (χ0v) is 16.0. The standard InChI is InChI=1S/C14H25N6O4P/c1-9(2)23-25(21,24-10(3)4)8-22-11(5)6-20-7-16-12-13(15)17-19-18-14(12)20/h7,9-11H,6,8H2,1-5H3,(H2,15,17,18)/t11-/m1/s1. The minimum atomic E-state index is -3.34. The number of fused-ring (bicyclic) bond motifs is 1. The van der Waals surface area contributed by atoms with E-state index in [0.717, 1.165) is 0 Å². The van der Waals surface area contributed by atoms with Crippen LogP contribution in [0.3, 0.4) is 0 Å². The van der Waals surface area contributed by atoms with Crippen LogP contribution in [0.2, 0.25) is 0 Å². The van der Waals surface area contributed by atoms with Crippen LogP contribution in [0.5, 0.6) is 0 Å². The molecule has 2 N–H and O–H groups in total. The molecule has 2 rings (SSSR count). The van der Waals surface area contributed by atoms with Gasteiger partial charge < -0.3 is 24.1 Å². The van der Waals surface area contributed by atoms with Crippen molar-refractivity contribution in [3.8, 4) is 0 Å². The van der Waals surface area contributed by atoms with Gasteiger partial charge in [0, 0.05) is 0 Å². The van der Waals surface area contributed by atoms with Crippen LogP contribution < -0.4 is 5.73 Å². The fraction of sp³-hybridized carbons (Fsp3) is 0.714. The summed E-state index contributed by atoms with van der Waals surface area (Å²) < 4.78 is 31.1. The summed E-state index contributed by atoms with van der Waals surface area (Å²) in [5, 5.41) is 11.2. The maximum atomic E-state index is 12.8. The Morgan fingerprint density at radius 2 is 1.80 bits per heavy atom. The summed E-state index contributed by atoms with van der Waals surface area (Å²) in [5.74, 6) is 0.220. The Labute approximate surface area is 146 Å². The third-order valence-corrected chi connectivity index (χ3v) is 5.01. The van der Waals surface area contributed by atoms with Gasteiger partial charge in [-0.15, -0.1) is 10.2 Å². The molecule has 0 unspecified atom stereocenters. The van der Waals surface area contributed by atoms with E-state index in [4.69, 9.17) is 19.5 Å². The summed E-state index contributed by atoms with van der Waals surface area (Å²) in [4.78, 5) is 4.17. The van der Waals surface area contributed by atoms with Crippen LogP contribution in [-0.2, 0) is 24.9 Å². The van der Waals surface area contributed by atoms with E-state index in [0.29, 0.717) is 17.7 Å². The van der Waals surface area contributed by atoms with E-state index >= 15 is 0 Å². The Bertz CT molecular complexity index is 736. The molecule has 25 heavy (non-hydrogen) atoms. The lowest BCUT2D eigenvalue weighted by Gasteiger charge is -2.24. The number of hydrogen-bond donors (Lipinski definition) is 1. The van der Waals surface area contributed by atoms with Crippen molar-refractivity contribution in [3.63, 3.8) is 0 Å². The van der Waals surface area contributed by atoms with Gasteiger partial charge in [-0.1, -0.05) is 0 Å². The van der Waals surface area contributed by atoms with E-state index in [9.17, 15) is 4.57 Å². The van der Waals surface area contributed by atoms with Crippen molar-refractivity contribution in [2.45, 2.75) is 59.5 Å². The number of hydrogen-bond acceptors (Lipinski definition) is 9. The van der Waals surface area contributed by atoms with Crippen LogP contribution >= 0.6 is 7.60 Å². The second kappa shape index (κ2) is 8.18. The quantitative estimate of drug-likeness (QED) is 0.659. The van der Waals surface area contributed by atoms with Crippen LogP contribution in [0.1, 0.15) is 34.6 Å². The van der Waals surface area contributed by atoms with Crippen molar-refractivity contribution < 1.29 is 18.3 Å². The second-order valence-electron chi connectivity index (χ2n) is 6.27. The third kappa shape index (κ3) is 5.43. The molecule has 11 heteroatoms. The zero-order valence-electron chi connectivity index (χ0n) is 15.1. The number of nitrogens with zero attached hydrogens (tertiary/aromatic N) is 5. The fourth-order valence-corrected chi connectivity index (χ4v) is 4.12. The summed E-state index contributed by atoms with van der Waals surface area (Å²) in [6.45, 7) is 9.48. The first kappa shape index (κ1) is 19.7. The first-order valence-corrected chi connectivity index (χ1v) is 9.80. The number of aromatic nitrogens is 5. The van der Waals surface area contributed by atoms with E-state index in [1.54, 1.807) is 38.6 Å². The molecule has 2 aromatic heterocycles. The van der Waals surface area contributed by atoms with E-state index in [1.165, 1.54) is 0 Å². The average molecular weight is 372 g/mol. The molecule has 0 amide bonds. The van der Waals surface area contributed by atoms with Gasteiger partial charge in [-0.05, 0) is 39.8 Å². The van der Waals surface area contributed by atoms with Gasteiger partial charge >= 0.3 is 7.60 Å². The normalized spacial score (nSPS) is 13.9. The highest BCUT2D eigenvalue weighted by Gasteiger charge is 2.29. The van der Waals surface area contributed by atoms with Crippen molar-refractivity contribution >= 4 is 24.6 Å². The first-order chi connectivity index (χ1) is 11.7. The van der Waals surface area contributed by atoms with Gasteiger partial charge in [-0.2, -0.15) is 0 Å². The minimum absolute atomic E-state index is 0.132. The molecule has 0 aliphatic carbocycles. The van der Waals surface area contributed by atoms with Crippen molar-refractivity contribution in [1.82, 2.24) is 25.0 Å².